The molecule has 0 unspecified atom stereocenters. The number of benzene rings is 1. The van der Waals surface area contributed by atoms with Crippen LogP contribution in [-0.2, 0) is 6.42 Å². The number of halogens is 1. The Bertz CT molecular complexity index is 599. The van der Waals surface area contributed by atoms with E-state index in [0.717, 1.165) is 11.1 Å². The van der Waals surface area contributed by atoms with Crippen LogP contribution in [-0.4, -0.2) is 21.0 Å². The summed E-state index contributed by atoms with van der Waals surface area (Å²) in [5.41, 5.74) is 2.07. The van der Waals surface area contributed by atoms with Gasteiger partial charge in [-0.2, -0.15) is 0 Å². The van der Waals surface area contributed by atoms with Gasteiger partial charge in [0, 0.05) is 12.5 Å². The van der Waals surface area contributed by atoms with Crippen LogP contribution in [0, 0.1) is 6.92 Å². The minimum absolute atomic E-state index is 0.0855. The van der Waals surface area contributed by atoms with Crippen molar-refractivity contribution in [3.05, 3.63) is 58.1 Å². The first-order chi connectivity index (χ1) is 8.54. The molecule has 4 nitrogen and oxygen atoms in total. The van der Waals surface area contributed by atoms with Gasteiger partial charge in [0.15, 0.2) is 5.69 Å². The Labute approximate surface area is 109 Å². The van der Waals surface area contributed by atoms with Gasteiger partial charge >= 0.3 is 5.97 Å². The molecule has 5 heteroatoms. The summed E-state index contributed by atoms with van der Waals surface area (Å²) >= 11 is 5.78. The average molecular weight is 263 g/mol. The van der Waals surface area contributed by atoms with E-state index in [4.69, 9.17) is 16.7 Å². The van der Waals surface area contributed by atoms with E-state index in [2.05, 4.69) is 9.97 Å². The molecule has 0 saturated carbocycles. The van der Waals surface area contributed by atoms with Crippen molar-refractivity contribution < 1.29 is 9.90 Å². The predicted molar refractivity (Wildman–Crippen MR) is 68.0 cm³/mol. The quantitative estimate of drug-likeness (QED) is 0.864. The number of carbonyl (C=O) groups is 1. The summed E-state index contributed by atoms with van der Waals surface area (Å²) < 4.78 is 0. The third-order valence-electron chi connectivity index (χ3n) is 2.41. The van der Waals surface area contributed by atoms with Crippen LogP contribution in [0.1, 0.15) is 27.4 Å². The first-order valence-electron chi connectivity index (χ1n) is 5.37. The minimum atomic E-state index is -1.11. The number of aromatic carboxylic acids is 1. The molecular weight excluding hydrogens is 252 g/mol. The van der Waals surface area contributed by atoms with E-state index in [-0.39, 0.29) is 10.8 Å². The first kappa shape index (κ1) is 12.5. The van der Waals surface area contributed by atoms with Gasteiger partial charge in [-0.3, -0.25) is 0 Å². The fourth-order valence-electron chi connectivity index (χ4n) is 1.66. The Balaban J connectivity index is 2.31. The summed E-state index contributed by atoms with van der Waals surface area (Å²) in [4.78, 5) is 18.9. The second-order valence-electron chi connectivity index (χ2n) is 3.96. The molecule has 18 heavy (non-hydrogen) atoms. The number of nitrogens with zero attached hydrogens (tertiary/aromatic N) is 2. The van der Waals surface area contributed by atoms with Crippen LogP contribution in [0.4, 0.5) is 0 Å². The van der Waals surface area contributed by atoms with E-state index in [1.54, 1.807) is 0 Å². The maximum absolute atomic E-state index is 10.9. The molecule has 0 spiro atoms. The first-order valence-corrected chi connectivity index (χ1v) is 5.74. The highest BCUT2D eigenvalue weighted by Crippen LogP contribution is 2.12. The highest BCUT2D eigenvalue weighted by atomic mass is 35.5. The van der Waals surface area contributed by atoms with Crippen LogP contribution in [0.15, 0.2) is 30.3 Å². The monoisotopic (exact) mass is 262 g/mol. The molecule has 0 fully saturated rings. The fourth-order valence-corrected chi connectivity index (χ4v) is 1.86. The van der Waals surface area contributed by atoms with Gasteiger partial charge in [-0.1, -0.05) is 41.4 Å². The number of aryl methyl sites for hydroxylation is 1. The summed E-state index contributed by atoms with van der Waals surface area (Å²) in [6, 6.07) is 9.12. The third-order valence-corrected chi connectivity index (χ3v) is 2.60. The van der Waals surface area contributed by atoms with E-state index in [1.165, 1.54) is 6.07 Å². The van der Waals surface area contributed by atoms with Gasteiger partial charge in [0.25, 0.3) is 0 Å². The lowest BCUT2D eigenvalue weighted by Crippen LogP contribution is -2.06. The maximum atomic E-state index is 10.9. The molecule has 1 heterocycles. The third kappa shape index (κ3) is 3.05. The molecule has 1 N–H and O–H groups in total. The number of rotatable bonds is 3. The van der Waals surface area contributed by atoms with Crippen molar-refractivity contribution in [2.45, 2.75) is 13.3 Å². The lowest BCUT2D eigenvalue weighted by atomic mass is 10.1. The van der Waals surface area contributed by atoms with Crippen molar-refractivity contribution in [2.24, 2.45) is 0 Å². The molecule has 2 rings (SSSR count). The van der Waals surface area contributed by atoms with Gasteiger partial charge in [-0.25, -0.2) is 14.8 Å². The molecule has 92 valence electrons. The number of hydrogen-bond acceptors (Lipinski definition) is 3. The standard InChI is InChI=1S/C13H11ClN2O2/c1-8-3-2-4-9(5-8)6-12-15-10(13(17)18)7-11(14)16-12/h2-5,7H,6H2,1H3,(H,17,18). The summed E-state index contributed by atoms with van der Waals surface area (Å²) in [6.07, 6.45) is 0.461. The number of carboxylic acid groups (broad SMARTS) is 1. The average Bonchev–Trinajstić information content (AvgIpc) is 2.28. The van der Waals surface area contributed by atoms with Gasteiger partial charge < -0.3 is 5.11 Å². The summed E-state index contributed by atoms with van der Waals surface area (Å²) in [7, 11) is 0. The molecule has 0 bridgehead atoms. The summed E-state index contributed by atoms with van der Waals surface area (Å²) in [6.45, 7) is 1.99. The van der Waals surface area contributed by atoms with Gasteiger partial charge in [0.1, 0.15) is 11.0 Å². The van der Waals surface area contributed by atoms with E-state index >= 15 is 0 Å². The zero-order valence-electron chi connectivity index (χ0n) is 9.72. The molecule has 0 aliphatic rings. The molecule has 1 aromatic heterocycles. The zero-order valence-corrected chi connectivity index (χ0v) is 10.5. The molecule has 0 saturated heterocycles. The second kappa shape index (κ2) is 5.14. The lowest BCUT2D eigenvalue weighted by Gasteiger charge is -2.03. The Hall–Kier alpha value is -1.94. The molecule has 0 aliphatic carbocycles. The van der Waals surface area contributed by atoms with E-state index in [9.17, 15) is 4.79 Å². The summed E-state index contributed by atoms with van der Waals surface area (Å²) in [5, 5.41) is 9.04. The Morgan fingerprint density at radius 1 is 1.33 bits per heavy atom. The van der Waals surface area contributed by atoms with Crippen LogP contribution in [0.3, 0.4) is 0 Å². The van der Waals surface area contributed by atoms with Crippen molar-refractivity contribution in [1.29, 1.82) is 0 Å². The normalized spacial score (nSPS) is 10.3. The number of aromatic nitrogens is 2. The van der Waals surface area contributed by atoms with Crippen molar-refractivity contribution in [3.63, 3.8) is 0 Å². The van der Waals surface area contributed by atoms with Gasteiger partial charge in [-0.05, 0) is 12.5 Å². The van der Waals surface area contributed by atoms with Crippen molar-refractivity contribution in [2.75, 3.05) is 0 Å². The van der Waals surface area contributed by atoms with Gasteiger partial charge in [0.05, 0.1) is 0 Å². The van der Waals surface area contributed by atoms with Gasteiger partial charge in [0.2, 0.25) is 0 Å². The fraction of sp³-hybridized carbons (Fsp3) is 0.154. The van der Waals surface area contributed by atoms with Crippen molar-refractivity contribution in [1.82, 2.24) is 9.97 Å². The van der Waals surface area contributed by atoms with Crippen LogP contribution < -0.4 is 0 Å². The van der Waals surface area contributed by atoms with Crippen LogP contribution in [0.5, 0.6) is 0 Å². The van der Waals surface area contributed by atoms with Crippen LogP contribution in [0.25, 0.3) is 0 Å². The second-order valence-corrected chi connectivity index (χ2v) is 4.35. The minimum Gasteiger partial charge on any atom is -0.477 e. The van der Waals surface area contributed by atoms with E-state index in [1.807, 2.05) is 31.2 Å². The smallest absolute Gasteiger partial charge is 0.354 e. The molecule has 0 radical (unpaired) electrons. The topological polar surface area (TPSA) is 63.1 Å². The van der Waals surface area contributed by atoms with Crippen LogP contribution >= 0.6 is 11.6 Å². The molecule has 1 aromatic carbocycles. The molecule has 0 atom stereocenters. The largest absolute Gasteiger partial charge is 0.477 e. The van der Waals surface area contributed by atoms with E-state index in [0.29, 0.717) is 12.2 Å². The number of hydrogen-bond donors (Lipinski definition) is 1. The molecule has 2 aromatic rings. The van der Waals surface area contributed by atoms with E-state index < -0.39 is 5.97 Å². The lowest BCUT2D eigenvalue weighted by molar-refractivity contribution is 0.0690. The maximum Gasteiger partial charge on any atom is 0.354 e. The molecule has 0 aliphatic heterocycles. The molecule has 0 amide bonds. The van der Waals surface area contributed by atoms with Crippen molar-refractivity contribution >= 4 is 17.6 Å². The van der Waals surface area contributed by atoms with Crippen molar-refractivity contribution in [3.8, 4) is 0 Å². The van der Waals surface area contributed by atoms with Crippen LogP contribution in [0.2, 0.25) is 5.15 Å². The van der Waals surface area contributed by atoms with Gasteiger partial charge in [-0.15, -0.1) is 0 Å². The predicted octanol–water partition coefficient (Wildman–Crippen LogP) is 2.73. The molecular formula is C13H11ClN2O2. The summed E-state index contributed by atoms with van der Waals surface area (Å²) in [5.74, 6) is -0.699. The Morgan fingerprint density at radius 3 is 2.78 bits per heavy atom. The SMILES string of the molecule is Cc1cccc(Cc2nc(Cl)cc(C(=O)O)n2)c1. The Morgan fingerprint density at radius 2 is 2.11 bits per heavy atom. The highest BCUT2D eigenvalue weighted by molar-refractivity contribution is 6.29. The zero-order chi connectivity index (χ0) is 13.1. The number of carboxylic acids is 1. The Kier molecular flexibility index (Phi) is 3.58. The highest BCUT2D eigenvalue weighted by Gasteiger charge is 2.09.